The van der Waals surface area contributed by atoms with E-state index in [9.17, 15) is 14.9 Å². The maximum atomic E-state index is 11.0. The summed E-state index contributed by atoms with van der Waals surface area (Å²) in [7, 11) is 0. The fourth-order valence-corrected chi connectivity index (χ4v) is 2.69. The number of nitro groups is 1. The van der Waals surface area contributed by atoms with E-state index >= 15 is 0 Å². The van der Waals surface area contributed by atoms with Crippen molar-refractivity contribution in [3.05, 3.63) is 33.3 Å². The second kappa shape index (κ2) is 6.09. The average Bonchev–Trinajstić information content (AvgIpc) is 2.84. The monoisotopic (exact) mass is 298 g/mol. The molecule has 7 heteroatoms. The van der Waals surface area contributed by atoms with Crippen molar-refractivity contribution in [3.63, 3.8) is 0 Å². The number of nitrogens with zero attached hydrogens (tertiary/aromatic N) is 2. The van der Waals surface area contributed by atoms with Crippen molar-refractivity contribution in [2.45, 2.75) is 19.3 Å². The predicted molar refractivity (Wildman–Crippen MR) is 75.3 cm³/mol. The Hall–Kier alpha value is -1.82. The van der Waals surface area contributed by atoms with E-state index in [1.807, 2.05) is 4.90 Å². The lowest BCUT2D eigenvalue weighted by Gasteiger charge is -2.18. The third kappa shape index (κ3) is 3.39. The van der Waals surface area contributed by atoms with Crippen LogP contribution in [0, 0.1) is 16.0 Å². The quantitative estimate of drug-likeness (QED) is 0.667. The van der Waals surface area contributed by atoms with Crippen LogP contribution >= 0.6 is 11.6 Å². The van der Waals surface area contributed by atoms with Crippen molar-refractivity contribution in [2.75, 3.05) is 18.0 Å². The van der Waals surface area contributed by atoms with E-state index in [0.717, 1.165) is 6.42 Å². The van der Waals surface area contributed by atoms with Crippen LogP contribution in [0.15, 0.2) is 18.2 Å². The molecule has 0 aliphatic carbocycles. The van der Waals surface area contributed by atoms with Gasteiger partial charge in [0.25, 0.3) is 5.69 Å². The smallest absolute Gasteiger partial charge is 0.303 e. The molecule has 1 saturated heterocycles. The first-order valence-corrected chi connectivity index (χ1v) is 6.76. The number of benzene rings is 1. The lowest BCUT2D eigenvalue weighted by molar-refractivity contribution is -0.384. The molecule has 1 aliphatic heterocycles. The van der Waals surface area contributed by atoms with Gasteiger partial charge in [0.05, 0.1) is 4.92 Å². The van der Waals surface area contributed by atoms with Gasteiger partial charge >= 0.3 is 5.97 Å². The minimum Gasteiger partial charge on any atom is -0.481 e. The van der Waals surface area contributed by atoms with Gasteiger partial charge in [0.1, 0.15) is 5.69 Å². The van der Waals surface area contributed by atoms with Crippen molar-refractivity contribution in [1.29, 1.82) is 0 Å². The maximum Gasteiger partial charge on any atom is 0.303 e. The molecule has 1 unspecified atom stereocenters. The summed E-state index contributed by atoms with van der Waals surface area (Å²) < 4.78 is 0. The number of aliphatic carboxylic acids is 1. The van der Waals surface area contributed by atoms with E-state index < -0.39 is 10.9 Å². The van der Waals surface area contributed by atoms with E-state index in [0.29, 0.717) is 30.2 Å². The van der Waals surface area contributed by atoms with Crippen molar-refractivity contribution < 1.29 is 14.8 Å². The Kier molecular flexibility index (Phi) is 4.44. The zero-order valence-electron chi connectivity index (χ0n) is 10.8. The molecule has 1 fully saturated rings. The number of nitro benzene ring substituents is 1. The van der Waals surface area contributed by atoms with Gasteiger partial charge in [-0.25, -0.2) is 0 Å². The summed E-state index contributed by atoms with van der Waals surface area (Å²) >= 11 is 5.91. The van der Waals surface area contributed by atoms with E-state index in [2.05, 4.69) is 0 Å². The van der Waals surface area contributed by atoms with Crippen LogP contribution in [0.2, 0.25) is 5.02 Å². The standard InChI is InChI=1S/C13H15ClN2O4/c14-10-2-3-11(16(19)20)12(7-10)15-6-5-9(8-15)1-4-13(17)18/h2-3,7,9H,1,4-6,8H2,(H,17,18). The molecule has 0 spiro atoms. The molecule has 0 aromatic heterocycles. The first-order chi connectivity index (χ1) is 9.47. The van der Waals surface area contributed by atoms with Crippen LogP contribution in [-0.2, 0) is 4.79 Å². The normalized spacial score (nSPS) is 18.2. The molecule has 1 atom stereocenters. The SMILES string of the molecule is O=C(O)CCC1CCN(c2cc(Cl)ccc2[N+](=O)[O-])C1. The third-order valence-electron chi connectivity index (χ3n) is 3.53. The summed E-state index contributed by atoms with van der Waals surface area (Å²) in [5.41, 5.74) is 0.550. The molecule has 2 rings (SSSR count). The number of hydrogen-bond donors (Lipinski definition) is 1. The highest BCUT2D eigenvalue weighted by molar-refractivity contribution is 6.31. The summed E-state index contributed by atoms with van der Waals surface area (Å²) in [5.74, 6) is -0.554. The molecule has 0 radical (unpaired) electrons. The molecular formula is C13H15ClN2O4. The van der Waals surface area contributed by atoms with Crippen molar-refractivity contribution >= 4 is 28.9 Å². The third-order valence-corrected chi connectivity index (χ3v) is 3.76. The van der Waals surface area contributed by atoms with Gasteiger partial charge in [0.2, 0.25) is 0 Å². The van der Waals surface area contributed by atoms with Crippen LogP contribution < -0.4 is 4.90 Å². The van der Waals surface area contributed by atoms with Crippen LogP contribution in [0.5, 0.6) is 0 Å². The van der Waals surface area contributed by atoms with Crippen LogP contribution in [0.25, 0.3) is 0 Å². The number of carboxylic acid groups (broad SMARTS) is 1. The first kappa shape index (κ1) is 14.6. The van der Waals surface area contributed by atoms with Gasteiger partial charge in [-0.15, -0.1) is 0 Å². The van der Waals surface area contributed by atoms with E-state index in [-0.39, 0.29) is 18.0 Å². The van der Waals surface area contributed by atoms with Gasteiger partial charge in [-0.3, -0.25) is 14.9 Å². The number of hydrogen-bond acceptors (Lipinski definition) is 4. The van der Waals surface area contributed by atoms with E-state index in [1.165, 1.54) is 12.1 Å². The van der Waals surface area contributed by atoms with Gasteiger partial charge in [-0.2, -0.15) is 0 Å². The second-order valence-electron chi connectivity index (χ2n) is 4.92. The van der Waals surface area contributed by atoms with Crippen molar-refractivity contribution in [1.82, 2.24) is 0 Å². The Morgan fingerprint density at radius 3 is 2.95 bits per heavy atom. The van der Waals surface area contributed by atoms with Crippen molar-refractivity contribution in [2.24, 2.45) is 5.92 Å². The molecular weight excluding hydrogens is 284 g/mol. The zero-order chi connectivity index (χ0) is 14.7. The number of carboxylic acids is 1. The maximum absolute atomic E-state index is 11.0. The highest BCUT2D eigenvalue weighted by Gasteiger charge is 2.27. The molecule has 1 aromatic rings. The van der Waals surface area contributed by atoms with E-state index in [4.69, 9.17) is 16.7 Å². The Balaban J connectivity index is 2.11. The molecule has 20 heavy (non-hydrogen) atoms. The molecule has 0 amide bonds. The van der Waals surface area contributed by atoms with Gasteiger partial charge in [0, 0.05) is 30.6 Å². The van der Waals surface area contributed by atoms with Gasteiger partial charge in [-0.1, -0.05) is 11.6 Å². The minimum absolute atomic E-state index is 0.0354. The molecule has 0 saturated carbocycles. The number of halogens is 1. The number of anilines is 1. The van der Waals surface area contributed by atoms with Crippen LogP contribution in [0.1, 0.15) is 19.3 Å². The van der Waals surface area contributed by atoms with E-state index in [1.54, 1.807) is 6.07 Å². The highest BCUT2D eigenvalue weighted by Crippen LogP contribution is 2.35. The first-order valence-electron chi connectivity index (χ1n) is 6.38. The summed E-state index contributed by atoms with van der Waals surface area (Å²) in [6.45, 7) is 1.32. The van der Waals surface area contributed by atoms with Gasteiger partial charge < -0.3 is 10.0 Å². The molecule has 1 N–H and O–H groups in total. The Morgan fingerprint density at radius 1 is 1.55 bits per heavy atom. The summed E-state index contributed by atoms with van der Waals surface area (Å²) in [5, 5.41) is 20.2. The van der Waals surface area contributed by atoms with Crippen molar-refractivity contribution in [3.8, 4) is 0 Å². The minimum atomic E-state index is -0.808. The molecule has 1 aromatic carbocycles. The van der Waals surface area contributed by atoms with Crippen LogP contribution in [-0.4, -0.2) is 29.1 Å². The molecule has 1 heterocycles. The van der Waals surface area contributed by atoms with Crippen LogP contribution in [0.3, 0.4) is 0 Å². The highest BCUT2D eigenvalue weighted by atomic mass is 35.5. The summed E-state index contributed by atoms with van der Waals surface area (Å²) in [6.07, 6.45) is 1.58. The topological polar surface area (TPSA) is 83.7 Å². The Morgan fingerprint density at radius 2 is 2.30 bits per heavy atom. The number of rotatable bonds is 5. The average molecular weight is 299 g/mol. The summed E-state index contributed by atoms with van der Waals surface area (Å²) in [4.78, 5) is 23.1. The molecule has 0 bridgehead atoms. The fourth-order valence-electron chi connectivity index (χ4n) is 2.52. The summed E-state index contributed by atoms with van der Waals surface area (Å²) in [6, 6.07) is 4.50. The number of carbonyl (C=O) groups is 1. The lowest BCUT2D eigenvalue weighted by atomic mass is 10.0. The molecule has 108 valence electrons. The Labute approximate surface area is 121 Å². The van der Waals surface area contributed by atoms with Gasteiger partial charge in [-0.05, 0) is 30.9 Å². The predicted octanol–water partition coefficient (Wildman–Crippen LogP) is 2.94. The largest absolute Gasteiger partial charge is 0.481 e. The lowest BCUT2D eigenvalue weighted by Crippen LogP contribution is -2.21. The molecule has 1 aliphatic rings. The van der Waals surface area contributed by atoms with Crippen LogP contribution in [0.4, 0.5) is 11.4 Å². The second-order valence-corrected chi connectivity index (χ2v) is 5.36. The van der Waals surface area contributed by atoms with Gasteiger partial charge in [0.15, 0.2) is 0 Å². The zero-order valence-corrected chi connectivity index (χ0v) is 11.5. The molecule has 6 nitrogen and oxygen atoms in total. The Bertz CT molecular complexity index is 535. The fraction of sp³-hybridized carbons (Fsp3) is 0.462.